The molecule has 2 N–H and O–H groups in total. The molecule has 1 aromatic rings. The minimum Gasteiger partial charge on any atom is -0.506 e. The molecule has 1 aromatic carbocycles. The molecule has 0 amide bonds. The van der Waals surface area contributed by atoms with Crippen LogP contribution in [0.1, 0.15) is 31.4 Å². The SMILES string of the molecule is CCC[C@@H](c1ccc(Cl)c(Br)c1O)N1CCNCC1.Cl.Cl. The Labute approximate surface area is 152 Å². The zero-order valence-corrected chi connectivity index (χ0v) is 15.9. The van der Waals surface area contributed by atoms with Crippen molar-refractivity contribution in [3.8, 4) is 5.75 Å². The fourth-order valence-corrected chi connectivity index (χ4v) is 3.14. The van der Waals surface area contributed by atoms with Crippen LogP contribution in [0.4, 0.5) is 0 Å². The third-order valence-electron chi connectivity index (χ3n) is 3.61. The highest BCUT2D eigenvalue weighted by Gasteiger charge is 2.25. The molecule has 1 saturated heterocycles. The monoisotopic (exact) mass is 418 g/mol. The number of hydrogen-bond donors (Lipinski definition) is 2. The Morgan fingerprint density at radius 1 is 1.33 bits per heavy atom. The first-order chi connectivity index (χ1) is 9.15. The van der Waals surface area contributed by atoms with E-state index >= 15 is 0 Å². The molecule has 0 saturated carbocycles. The summed E-state index contributed by atoms with van der Waals surface area (Å²) in [4.78, 5) is 2.44. The fourth-order valence-electron chi connectivity index (χ4n) is 2.63. The second-order valence-corrected chi connectivity index (χ2v) is 6.09. The molecule has 0 spiro atoms. The normalized spacial score (nSPS) is 16.7. The third kappa shape index (κ3) is 5.15. The van der Waals surface area contributed by atoms with E-state index in [0.29, 0.717) is 9.50 Å². The standard InChI is InChI=1S/C14H20BrClN2O.2ClH/c1-2-3-12(18-8-6-17-7-9-18)10-4-5-11(16)13(15)14(10)19;;/h4-5,12,17,19H,2-3,6-9H2,1H3;2*1H/t12-;;/m0../s1. The molecule has 0 aliphatic carbocycles. The van der Waals surface area contributed by atoms with Crippen LogP contribution in [0.25, 0.3) is 0 Å². The Morgan fingerprint density at radius 2 is 1.95 bits per heavy atom. The highest BCUT2D eigenvalue weighted by atomic mass is 79.9. The number of phenols is 1. The Morgan fingerprint density at radius 3 is 2.52 bits per heavy atom. The molecule has 0 aromatic heterocycles. The smallest absolute Gasteiger partial charge is 0.136 e. The van der Waals surface area contributed by atoms with Gasteiger partial charge in [0.05, 0.1) is 9.50 Å². The highest BCUT2D eigenvalue weighted by Crippen LogP contribution is 2.40. The van der Waals surface area contributed by atoms with Crippen LogP contribution in [-0.4, -0.2) is 36.2 Å². The maximum absolute atomic E-state index is 10.3. The number of phenolic OH excluding ortho intramolecular Hbond substituents is 1. The zero-order chi connectivity index (χ0) is 13.8. The van der Waals surface area contributed by atoms with Gasteiger partial charge in [-0.25, -0.2) is 0 Å². The van der Waals surface area contributed by atoms with Gasteiger partial charge in [0.15, 0.2) is 0 Å². The second-order valence-electron chi connectivity index (χ2n) is 4.89. The number of aromatic hydroxyl groups is 1. The average molecular weight is 421 g/mol. The number of hydrogen-bond acceptors (Lipinski definition) is 3. The van der Waals surface area contributed by atoms with E-state index in [2.05, 4.69) is 33.1 Å². The maximum Gasteiger partial charge on any atom is 0.136 e. The Balaban J connectivity index is 0.00000200. The first kappa shape index (κ1) is 21.3. The van der Waals surface area contributed by atoms with Crippen molar-refractivity contribution < 1.29 is 5.11 Å². The molecule has 21 heavy (non-hydrogen) atoms. The van der Waals surface area contributed by atoms with Crippen molar-refractivity contribution in [2.45, 2.75) is 25.8 Å². The van der Waals surface area contributed by atoms with E-state index in [1.807, 2.05) is 12.1 Å². The van der Waals surface area contributed by atoms with Gasteiger partial charge in [0.25, 0.3) is 0 Å². The molecule has 0 unspecified atom stereocenters. The average Bonchev–Trinajstić information content (AvgIpc) is 2.44. The van der Waals surface area contributed by atoms with E-state index in [1.165, 1.54) is 0 Å². The van der Waals surface area contributed by atoms with Gasteiger partial charge in [-0.05, 0) is 28.4 Å². The van der Waals surface area contributed by atoms with Gasteiger partial charge in [-0.1, -0.05) is 31.0 Å². The van der Waals surface area contributed by atoms with Crippen LogP contribution in [0.3, 0.4) is 0 Å². The van der Waals surface area contributed by atoms with Crippen molar-refractivity contribution in [2.24, 2.45) is 0 Å². The Bertz CT molecular complexity index is 442. The summed E-state index contributed by atoms with van der Waals surface area (Å²) < 4.78 is 0.600. The summed E-state index contributed by atoms with van der Waals surface area (Å²) in [6.07, 6.45) is 2.13. The van der Waals surface area contributed by atoms with Gasteiger partial charge in [-0.2, -0.15) is 0 Å². The summed E-state index contributed by atoms with van der Waals surface area (Å²) in [5.41, 5.74) is 0.972. The molecule has 0 bridgehead atoms. The number of piperazine rings is 1. The summed E-state index contributed by atoms with van der Waals surface area (Å²) in [7, 11) is 0. The molecule has 2 rings (SSSR count). The van der Waals surface area contributed by atoms with Crippen LogP contribution < -0.4 is 5.32 Å². The van der Waals surface area contributed by atoms with Crippen molar-refractivity contribution in [3.05, 3.63) is 27.2 Å². The van der Waals surface area contributed by atoms with Crippen LogP contribution in [-0.2, 0) is 0 Å². The number of rotatable bonds is 4. The van der Waals surface area contributed by atoms with Gasteiger partial charge in [0, 0.05) is 37.8 Å². The van der Waals surface area contributed by atoms with E-state index < -0.39 is 0 Å². The van der Waals surface area contributed by atoms with Gasteiger partial charge in [-0.15, -0.1) is 24.8 Å². The van der Waals surface area contributed by atoms with Gasteiger partial charge < -0.3 is 10.4 Å². The van der Waals surface area contributed by atoms with Gasteiger partial charge >= 0.3 is 0 Å². The molecule has 1 aliphatic heterocycles. The molecule has 1 fully saturated rings. The lowest BCUT2D eigenvalue weighted by Gasteiger charge is -2.35. The van der Waals surface area contributed by atoms with E-state index in [-0.39, 0.29) is 36.6 Å². The molecule has 1 heterocycles. The quantitative estimate of drug-likeness (QED) is 0.758. The number of halogens is 4. The molecule has 0 radical (unpaired) electrons. The maximum atomic E-state index is 10.3. The summed E-state index contributed by atoms with van der Waals surface area (Å²) in [6, 6.07) is 4.07. The van der Waals surface area contributed by atoms with Crippen molar-refractivity contribution in [3.63, 3.8) is 0 Å². The minimum absolute atomic E-state index is 0. The van der Waals surface area contributed by atoms with Crippen molar-refractivity contribution >= 4 is 52.3 Å². The van der Waals surface area contributed by atoms with E-state index in [1.54, 1.807) is 0 Å². The summed E-state index contributed by atoms with van der Waals surface area (Å²) >= 11 is 9.38. The lowest BCUT2D eigenvalue weighted by Crippen LogP contribution is -2.45. The number of nitrogens with one attached hydrogen (secondary N) is 1. The zero-order valence-electron chi connectivity index (χ0n) is 11.9. The Kier molecular flexibility index (Phi) is 10.3. The van der Waals surface area contributed by atoms with Crippen LogP contribution in [0.5, 0.6) is 5.75 Å². The molecular weight excluding hydrogens is 398 g/mol. The first-order valence-electron chi connectivity index (χ1n) is 6.76. The lowest BCUT2D eigenvalue weighted by molar-refractivity contribution is 0.162. The molecular formula is C14H22BrCl3N2O. The van der Waals surface area contributed by atoms with Crippen LogP contribution in [0.2, 0.25) is 5.02 Å². The number of nitrogens with zero attached hydrogens (tertiary/aromatic N) is 1. The molecule has 7 heteroatoms. The van der Waals surface area contributed by atoms with Gasteiger partial charge in [0.1, 0.15) is 5.75 Å². The summed E-state index contributed by atoms with van der Waals surface area (Å²) in [5.74, 6) is 0.282. The third-order valence-corrected chi connectivity index (χ3v) is 4.96. The van der Waals surface area contributed by atoms with Gasteiger partial charge in [-0.3, -0.25) is 4.90 Å². The Hall–Kier alpha value is 0.290. The van der Waals surface area contributed by atoms with Crippen molar-refractivity contribution in [2.75, 3.05) is 26.2 Å². The number of benzene rings is 1. The van der Waals surface area contributed by atoms with E-state index in [9.17, 15) is 5.11 Å². The largest absolute Gasteiger partial charge is 0.506 e. The molecule has 122 valence electrons. The molecule has 1 atom stereocenters. The van der Waals surface area contributed by atoms with Crippen molar-refractivity contribution in [1.82, 2.24) is 10.2 Å². The lowest BCUT2D eigenvalue weighted by atomic mass is 9.99. The van der Waals surface area contributed by atoms with Crippen LogP contribution in [0, 0.1) is 0 Å². The second kappa shape index (κ2) is 10.1. The highest BCUT2D eigenvalue weighted by molar-refractivity contribution is 9.10. The fraction of sp³-hybridized carbons (Fsp3) is 0.571. The summed E-state index contributed by atoms with van der Waals surface area (Å²) in [6.45, 7) is 6.23. The topological polar surface area (TPSA) is 35.5 Å². The van der Waals surface area contributed by atoms with E-state index in [4.69, 9.17) is 11.6 Å². The predicted octanol–water partition coefficient (Wildman–Crippen LogP) is 4.40. The van der Waals surface area contributed by atoms with E-state index in [0.717, 1.165) is 44.6 Å². The minimum atomic E-state index is 0. The predicted molar refractivity (Wildman–Crippen MR) is 97.4 cm³/mol. The van der Waals surface area contributed by atoms with Crippen molar-refractivity contribution in [1.29, 1.82) is 0 Å². The molecule has 3 nitrogen and oxygen atoms in total. The van der Waals surface area contributed by atoms with Gasteiger partial charge in [0.2, 0.25) is 0 Å². The summed E-state index contributed by atoms with van der Waals surface area (Å²) in [5, 5.41) is 14.2. The van der Waals surface area contributed by atoms with Crippen LogP contribution >= 0.6 is 52.3 Å². The molecule has 1 aliphatic rings. The van der Waals surface area contributed by atoms with Crippen LogP contribution in [0.15, 0.2) is 16.6 Å². The first-order valence-corrected chi connectivity index (χ1v) is 7.94.